The van der Waals surface area contributed by atoms with E-state index >= 15 is 4.39 Å². The van der Waals surface area contributed by atoms with Gasteiger partial charge in [0.1, 0.15) is 11.5 Å². The lowest BCUT2D eigenvalue weighted by Crippen LogP contribution is -2.40. The third kappa shape index (κ3) is 6.42. The van der Waals surface area contributed by atoms with Crippen LogP contribution < -0.4 is 4.90 Å². The summed E-state index contributed by atoms with van der Waals surface area (Å²) in [6.45, 7) is 1.37. The number of hydrogen-bond donors (Lipinski definition) is 0. The van der Waals surface area contributed by atoms with Gasteiger partial charge in [-0.2, -0.15) is 4.39 Å². The van der Waals surface area contributed by atoms with E-state index in [-0.39, 0.29) is 52.7 Å². The molecule has 1 aliphatic rings. The van der Waals surface area contributed by atoms with Crippen molar-refractivity contribution in [3.63, 3.8) is 0 Å². The summed E-state index contributed by atoms with van der Waals surface area (Å²) in [5, 5.41) is -1.36. The zero-order chi connectivity index (χ0) is 27.1. The number of hydrogen-bond acceptors (Lipinski definition) is 7. The molecule has 37 heavy (non-hydrogen) atoms. The maximum absolute atomic E-state index is 15.3. The van der Waals surface area contributed by atoms with E-state index in [1.54, 1.807) is 6.92 Å². The Morgan fingerprint density at radius 2 is 1.81 bits per heavy atom. The van der Waals surface area contributed by atoms with Crippen molar-refractivity contribution in [1.29, 1.82) is 0 Å². The van der Waals surface area contributed by atoms with Crippen LogP contribution in [0.2, 0.25) is 5.02 Å². The fraction of sp³-hybridized carbons (Fsp3) is 0.308. The van der Waals surface area contributed by atoms with Gasteiger partial charge in [-0.3, -0.25) is 14.4 Å². The first kappa shape index (κ1) is 28.0. The minimum atomic E-state index is -1.07. The fourth-order valence-electron chi connectivity index (χ4n) is 3.80. The van der Waals surface area contributed by atoms with E-state index in [0.717, 1.165) is 12.1 Å². The third-order valence-electron chi connectivity index (χ3n) is 5.42. The number of amides is 2. The van der Waals surface area contributed by atoms with Gasteiger partial charge in [0, 0.05) is 21.6 Å². The molecule has 0 radical (unpaired) electrons. The predicted octanol–water partition coefficient (Wildman–Crippen LogP) is 5.01. The van der Waals surface area contributed by atoms with Gasteiger partial charge >= 0.3 is 11.9 Å². The summed E-state index contributed by atoms with van der Waals surface area (Å²) in [6, 6.07) is 4.49. The van der Waals surface area contributed by atoms with Crippen LogP contribution >= 0.6 is 22.9 Å². The van der Waals surface area contributed by atoms with Gasteiger partial charge in [-0.1, -0.05) is 23.6 Å². The summed E-state index contributed by atoms with van der Waals surface area (Å²) in [7, 11) is 0. The van der Waals surface area contributed by atoms with Crippen molar-refractivity contribution in [1.82, 2.24) is 0 Å². The van der Waals surface area contributed by atoms with Crippen molar-refractivity contribution in [2.24, 2.45) is 0 Å². The Hall–Kier alpha value is -3.55. The summed E-state index contributed by atoms with van der Waals surface area (Å²) in [5.74, 6) is -2.17. The number of esters is 2. The Balaban J connectivity index is 2.15. The molecule has 0 saturated heterocycles. The number of terminal acetylenes is 1. The van der Waals surface area contributed by atoms with Gasteiger partial charge in [0.05, 0.1) is 18.1 Å². The van der Waals surface area contributed by atoms with Crippen LogP contribution in [0.4, 0.5) is 14.5 Å². The van der Waals surface area contributed by atoms with Crippen LogP contribution in [0.15, 0.2) is 35.4 Å². The zero-order valence-corrected chi connectivity index (χ0v) is 21.3. The normalized spacial score (nSPS) is 13.1. The Morgan fingerprint density at radius 3 is 2.46 bits per heavy atom. The van der Waals surface area contributed by atoms with Crippen molar-refractivity contribution in [2.45, 2.75) is 39.0 Å². The molecule has 1 aliphatic carbocycles. The summed E-state index contributed by atoms with van der Waals surface area (Å²) < 4.78 is 39.1. The third-order valence-corrected chi connectivity index (χ3v) is 6.91. The highest BCUT2D eigenvalue weighted by atomic mass is 35.5. The van der Waals surface area contributed by atoms with Crippen molar-refractivity contribution in [3.05, 3.63) is 61.8 Å². The highest BCUT2D eigenvalue weighted by molar-refractivity contribution is 7.11. The number of ether oxygens (including phenoxy) is 2. The molecule has 2 aromatic rings. The molecule has 0 spiro atoms. The molecule has 0 fully saturated rings. The van der Waals surface area contributed by atoms with E-state index in [1.165, 1.54) is 12.1 Å². The number of thiophene rings is 1. The second-order valence-corrected chi connectivity index (χ2v) is 9.28. The lowest BCUT2D eigenvalue weighted by molar-refractivity contribution is -0.142. The lowest BCUT2D eigenvalue weighted by atomic mass is 9.90. The fourth-order valence-corrected chi connectivity index (χ4v) is 5.09. The summed E-state index contributed by atoms with van der Waals surface area (Å²) >= 11 is 6.87. The summed E-state index contributed by atoms with van der Waals surface area (Å²) in [6.07, 6.45) is 6.13. The average molecular weight is 550 g/mol. The van der Waals surface area contributed by atoms with Crippen molar-refractivity contribution >= 4 is 52.4 Å². The molecule has 3 rings (SSSR count). The van der Waals surface area contributed by atoms with E-state index in [2.05, 4.69) is 5.92 Å². The standard InChI is InChI=1S/C26H22ClF2NO6S/c1-3-12-36-26(34)18-11-6-5-10-17(18)25(33)30(24(32)15-8-7-9-16(28)13-15)22-21(27)19(37-23(22)29)14-20(31)35-4-2/h1,7-9,13H,4-6,10-12,14H2,2H3. The molecule has 194 valence electrons. The maximum atomic E-state index is 15.3. The smallest absolute Gasteiger partial charge is 0.335 e. The van der Waals surface area contributed by atoms with Gasteiger partial charge in [0.15, 0.2) is 6.61 Å². The molecular weight excluding hydrogens is 528 g/mol. The highest BCUT2D eigenvalue weighted by Crippen LogP contribution is 2.41. The van der Waals surface area contributed by atoms with Gasteiger partial charge in [0.2, 0.25) is 5.13 Å². The number of anilines is 1. The number of nitrogens with zero attached hydrogens (tertiary/aromatic N) is 1. The largest absolute Gasteiger partial charge is 0.466 e. The Kier molecular flexibility index (Phi) is 9.55. The molecule has 1 aromatic heterocycles. The number of imide groups is 1. The topological polar surface area (TPSA) is 90.0 Å². The Bertz CT molecular complexity index is 1310. The molecular formula is C26H22ClF2NO6S. The molecule has 0 saturated carbocycles. The average Bonchev–Trinajstić information content (AvgIpc) is 3.15. The van der Waals surface area contributed by atoms with Crippen molar-refractivity contribution in [2.75, 3.05) is 18.1 Å². The first-order valence-corrected chi connectivity index (χ1v) is 12.5. The summed E-state index contributed by atoms with van der Waals surface area (Å²) in [4.78, 5) is 52.4. The molecule has 1 heterocycles. The van der Waals surface area contributed by atoms with Crippen molar-refractivity contribution in [3.8, 4) is 12.3 Å². The zero-order valence-electron chi connectivity index (χ0n) is 19.8. The van der Waals surface area contributed by atoms with Gasteiger partial charge in [-0.05, 0) is 50.8 Å². The monoisotopic (exact) mass is 549 g/mol. The quantitative estimate of drug-likeness (QED) is 0.261. The summed E-state index contributed by atoms with van der Waals surface area (Å²) in [5.41, 5.74) is -0.900. The Morgan fingerprint density at radius 1 is 1.11 bits per heavy atom. The number of carbonyl (C=O) groups is 4. The van der Waals surface area contributed by atoms with Gasteiger partial charge in [-0.25, -0.2) is 14.1 Å². The highest BCUT2D eigenvalue weighted by Gasteiger charge is 2.37. The number of halogens is 3. The second-order valence-electron chi connectivity index (χ2n) is 7.84. The SMILES string of the molecule is C#CCOC(=O)C1=C(C(=O)N(C(=O)c2cccc(F)c2)c2c(F)sc(CC(=O)OCC)c2Cl)CCCC1. The van der Waals surface area contributed by atoms with Crippen LogP contribution in [-0.4, -0.2) is 37.0 Å². The van der Waals surface area contributed by atoms with E-state index in [0.29, 0.717) is 29.1 Å². The molecule has 0 bridgehead atoms. The molecule has 1 aromatic carbocycles. The number of carbonyl (C=O) groups excluding carboxylic acids is 4. The lowest BCUT2D eigenvalue weighted by Gasteiger charge is -2.25. The minimum Gasteiger partial charge on any atom is -0.466 e. The van der Waals surface area contributed by atoms with Crippen molar-refractivity contribution < 1.29 is 37.4 Å². The molecule has 7 nitrogen and oxygen atoms in total. The number of rotatable bonds is 8. The first-order chi connectivity index (χ1) is 17.7. The van der Waals surface area contributed by atoms with Crippen LogP contribution in [0.1, 0.15) is 47.8 Å². The molecule has 0 N–H and O–H groups in total. The minimum absolute atomic E-state index is 0.0158. The first-order valence-electron chi connectivity index (χ1n) is 11.3. The molecule has 0 aliphatic heterocycles. The van der Waals surface area contributed by atoms with Crippen LogP contribution in [0.5, 0.6) is 0 Å². The van der Waals surface area contributed by atoms with E-state index in [1.807, 2.05) is 0 Å². The Labute approximate surface area is 221 Å². The molecule has 2 amide bonds. The van der Waals surface area contributed by atoms with Gasteiger partial charge < -0.3 is 9.47 Å². The maximum Gasteiger partial charge on any atom is 0.335 e. The van der Waals surface area contributed by atoms with E-state index in [9.17, 15) is 23.6 Å². The molecule has 0 unspecified atom stereocenters. The van der Waals surface area contributed by atoms with E-state index in [4.69, 9.17) is 27.5 Å². The second kappa shape index (κ2) is 12.6. The van der Waals surface area contributed by atoms with E-state index < -0.39 is 46.8 Å². The number of benzene rings is 1. The van der Waals surface area contributed by atoms with Gasteiger partial charge in [0.25, 0.3) is 11.8 Å². The van der Waals surface area contributed by atoms with Crippen LogP contribution in [-0.2, 0) is 30.3 Å². The molecule has 11 heteroatoms. The molecule has 0 atom stereocenters. The van der Waals surface area contributed by atoms with Gasteiger partial charge in [-0.15, -0.1) is 17.8 Å². The van der Waals surface area contributed by atoms with Crippen LogP contribution in [0.25, 0.3) is 0 Å². The predicted molar refractivity (Wildman–Crippen MR) is 133 cm³/mol. The van der Waals surface area contributed by atoms with Crippen LogP contribution in [0, 0.1) is 23.3 Å². The van der Waals surface area contributed by atoms with Crippen LogP contribution in [0.3, 0.4) is 0 Å².